The summed E-state index contributed by atoms with van der Waals surface area (Å²) < 4.78 is 13.2. The molecule has 1 N–H and O–H groups in total. The van der Waals surface area contributed by atoms with Crippen molar-refractivity contribution in [1.82, 2.24) is 19.4 Å². The molecule has 4 aromatic rings. The maximum Gasteiger partial charge on any atom is 0.331 e. The van der Waals surface area contributed by atoms with Crippen molar-refractivity contribution in [3.05, 3.63) is 98.5 Å². The number of carbonyl (C=O) groups excluding carboxylic acids is 1. The average Bonchev–Trinajstić information content (AvgIpc) is 3.32. The second-order valence-electron chi connectivity index (χ2n) is 7.68. The summed E-state index contributed by atoms with van der Waals surface area (Å²) in [5, 5.41) is 3.04. The van der Waals surface area contributed by atoms with Crippen LogP contribution >= 0.6 is 0 Å². The first-order chi connectivity index (χ1) is 16.0. The molecular formula is C24H20N4O5. The van der Waals surface area contributed by atoms with Gasteiger partial charge in [0.05, 0.1) is 23.6 Å². The topological polar surface area (TPSA) is 104 Å². The number of ether oxygens (including phenoxy) is 2. The first-order valence-electron chi connectivity index (χ1n) is 10.3. The number of fused-ring (bicyclic) bond motifs is 2. The zero-order chi connectivity index (χ0) is 22.9. The van der Waals surface area contributed by atoms with E-state index >= 15 is 0 Å². The van der Waals surface area contributed by atoms with E-state index in [2.05, 4.69) is 10.3 Å². The lowest BCUT2D eigenvalue weighted by Crippen LogP contribution is -2.39. The van der Waals surface area contributed by atoms with Gasteiger partial charge in [0.25, 0.3) is 11.5 Å². The number of hydrogen-bond donors (Lipinski definition) is 1. The van der Waals surface area contributed by atoms with E-state index in [9.17, 15) is 14.4 Å². The molecule has 0 spiro atoms. The molecule has 0 bridgehead atoms. The fraction of sp³-hybridized carbons (Fsp3) is 0.167. The zero-order valence-electron chi connectivity index (χ0n) is 17.8. The van der Waals surface area contributed by atoms with Crippen LogP contribution in [-0.2, 0) is 20.1 Å². The Kier molecular flexibility index (Phi) is 5.14. The number of benzene rings is 2. The summed E-state index contributed by atoms with van der Waals surface area (Å²) in [5.74, 6) is 0.863. The van der Waals surface area contributed by atoms with Gasteiger partial charge in [-0.3, -0.25) is 18.7 Å². The van der Waals surface area contributed by atoms with Gasteiger partial charge in [0.15, 0.2) is 11.5 Å². The van der Waals surface area contributed by atoms with Crippen LogP contribution < -0.4 is 26.0 Å². The van der Waals surface area contributed by atoms with Gasteiger partial charge in [0.2, 0.25) is 6.79 Å². The number of pyridine rings is 1. The van der Waals surface area contributed by atoms with Crippen molar-refractivity contribution >= 4 is 16.8 Å². The summed E-state index contributed by atoms with van der Waals surface area (Å²) in [6.07, 6.45) is 1.38. The van der Waals surface area contributed by atoms with Crippen LogP contribution in [0.15, 0.2) is 70.4 Å². The standard InChI is InChI=1S/C24H20N4O5/c1-27-19-12-25-18(22(29)26-11-16-7-8-20-21(9-16)33-14-32-20)10-17(19)23(30)28(24(27)31)13-15-5-3-2-4-6-15/h2-10,12H,11,13-14H2,1H3,(H,26,29). The molecule has 166 valence electrons. The second-order valence-corrected chi connectivity index (χ2v) is 7.68. The molecule has 2 aromatic heterocycles. The average molecular weight is 444 g/mol. The van der Waals surface area contributed by atoms with Crippen molar-refractivity contribution in [2.24, 2.45) is 7.05 Å². The highest BCUT2D eigenvalue weighted by Gasteiger charge is 2.17. The summed E-state index contributed by atoms with van der Waals surface area (Å²) >= 11 is 0. The van der Waals surface area contributed by atoms with Crippen molar-refractivity contribution in [3.63, 3.8) is 0 Å². The predicted molar refractivity (Wildman–Crippen MR) is 121 cm³/mol. The van der Waals surface area contributed by atoms with Crippen LogP contribution in [0, 0.1) is 0 Å². The maximum absolute atomic E-state index is 13.1. The largest absolute Gasteiger partial charge is 0.454 e. The van der Waals surface area contributed by atoms with E-state index in [0.29, 0.717) is 17.0 Å². The molecule has 0 saturated heterocycles. The first-order valence-corrected chi connectivity index (χ1v) is 10.3. The lowest BCUT2D eigenvalue weighted by Gasteiger charge is -2.12. The van der Waals surface area contributed by atoms with E-state index in [1.54, 1.807) is 19.2 Å². The van der Waals surface area contributed by atoms with Crippen molar-refractivity contribution in [3.8, 4) is 11.5 Å². The van der Waals surface area contributed by atoms with Gasteiger partial charge < -0.3 is 14.8 Å². The predicted octanol–water partition coefficient (Wildman–Crippen LogP) is 1.80. The number of aryl methyl sites for hydroxylation is 1. The normalized spacial score (nSPS) is 12.2. The third-order valence-electron chi connectivity index (χ3n) is 5.54. The molecular weight excluding hydrogens is 424 g/mol. The highest BCUT2D eigenvalue weighted by molar-refractivity contribution is 5.95. The molecule has 1 amide bonds. The Balaban J connectivity index is 1.43. The van der Waals surface area contributed by atoms with Gasteiger partial charge in [-0.15, -0.1) is 0 Å². The van der Waals surface area contributed by atoms with Crippen LogP contribution in [0.3, 0.4) is 0 Å². The van der Waals surface area contributed by atoms with Crippen LogP contribution in [-0.4, -0.2) is 26.8 Å². The summed E-state index contributed by atoms with van der Waals surface area (Å²) in [4.78, 5) is 42.8. The fourth-order valence-corrected chi connectivity index (χ4v) is 3.76. The molecule has 5 rings (SSSR count). The minimum Gasteiger partial charge on any atom is -0.454 e. The van der Waals surface area contributed by atoms with Crippen LogP contribution in [0.2, 0.25) is 0 Å². The lowest BCUT2D eigenvalue weighted by atomic mass is 10.2. The molecule has 9 nitrogen and oxygen atoms in total. The Morgan fingerprint density at radius 1 is 1.03 bits per heavy atom. The van der Waals surface area contributed by atoms with Crippen LogP contribution in [0.25, 0.3) is 10.9 Å². The van der Waals surface area contributed by atoms with Crippen LogP contribution in [0.4, 0.5) is 0 Å². The number of carbonyl (C=O) groups is 1. The molecule has 1 aliphatic rings. The molecule has 0 saturated carbocycles. The maximum atomic E-state index is 13.1. The molecule has 0 unspecified atom stereocenters. The Hall–Kier alpha value is -4.40. The van der Waals surface area contributed by atoms with Gasteiger partial charge in [0, 0.05) is 13.6 Å². The monoisotopic (exact) mass is 444 g/mol. The van der Waals surface area contributed by atoms with Gasteiger partial charge in [-0.1, -0.05) is 36.4 Å². The number of nitrogens with one attached hydrogen (secondary N) is 1. The molecule has 0 atom stereocenters. The van der Waals surface area contributed by atoms with Crippen molar-refractivity contribution in [1.29, 1.82) is 0 Å². The summed E-state index contributed by atoms with van der Waals surface area (Å²) in [5.41, 5.74) is 1.20. The minimum absolute atomic E-state index is 0.0882. The smallest absolute Gasteiger partial charge is 0.331 e. The number of rotatable bonds is 5. The molecule has 3 heterocycles. The van der Waals surface area contributed by atoms with Gasteiger partial charge in [-0.05, 0) is 29.3 Å². The fourth-order valence-electron chi connectivity index (χ4n) is 3.76. The highest BCUT2D eigenvalue weighted by atomic mass is 16.7. The van der Waals surface area contributed by atoms with Gasteiger partial charge in [-0.2, -0.15) is 0 Å². The van der Waals surface area contributed by atoms with Gasteiger partial charge in [0.1, 0.15) is 5.69 Å². The van der Waals surface area contributed by atoms with E-state index in [-0.39, 0.29) is 31.0 Å². The Bertz CT molecular complexity index is 1490. The van der Waals surface area contributed by atoms with E-state index < -0.39 is 17.2 Å². The van der Waals surface area contributed by atoms with Crippen LogP contribution in [0.5, 0.6) is 11.5 Å². The third-order valence-corrected chi connectivity index (χ3v) is 5.54. The van der Waals surface area contributed by atoms with E-state index in [1.165, 1.54) is 16.8 Å². The molecule has 1 aliphatic heterocycles. The summed E-state index contributed by atoms with van der Waals surface area (Å²) in [7, 11) is 1.58. The van der Waals surface area contributed by atoms with E-state index in [1.807, 2.05) is 36.4 Å². The Labute approximate surface area is 187 Å². The summed E-state index contributed by atoms with van der Waals surface area (Å²) in [6, 6.07) is 16.1. The molecule has 0 aliphatic carbocycles. The quantitative estimate of drug-likeness (QED) is 0.503. The lowest BCUT2D eigenvalue weighted by molar-refractivity contribution is 0.0946. The molecule has 2 aromatic carbocycles. The number of hydrogen-bond acceptors (Lipinski definition) is 6. The Morgan fingerprint density at radius 3 is 2.64 bits per heavy atom. The van der Waals surface area contributed by atoms with Crippen molar-refractivity contribution in [2.45, 2.75) is 13.1 Å². The van der Waals surface area contributed by atoms with Gasteiger partial charge >= 0.3 is 5.69 Å². The molecule has 0 fully saturated rings. The van der Waals surface area contributed by atoms with Gasteiger partial charge in [-0.25, -0.2) is 9.78 Å². The Morgan fingerprint density at radius 2 is 1.82 bits per heavy atom. The summed E-state index contributed by atoms with van der Waals surface area (Å²) in [6.45, 7) is 0.563. The molecule has 9 heteroatoms. The second kappa shape index (κ2) is 8.27. The highest BCUT2D eigenvalue weighted by Crippen LogP contribution is 2.32. The zero-order valence-corrected chi connectivity index (χ0v) is 17.8. The third kappa shape index (κ3) is 3.84. The first kappa shape index (κ1) is 20.5. The van der Waals surface area contributed by atoms with Crippen molar-refractivity contribution < 1.29 is 14.3 Å². The molecule has 33 heavy (non-hydrogen) atoms. The van der Waals surface area contributed by atoms with E-state index in [4.69, 9.17) is 9.47 Å². The minimum atomic E-state index is -0.468. The number of nitrogens with zero attached hydrogens (tertiary/aromatic N) is 3. The SMILES string of the molecule is Cn1c(=O)n(Cc2ccccc2)c(=O)c2cc(C(=O)NCc3ccc4c(c3)OCO4)ncc21. The molecule has 0 radical (unpaired) electrons. The number of aromatic nitrogens is 3. The van der Waals surface area contributed by atoms with E-state index in [0.717, 1.165) is 15.7 Å². The van der Waals surface area contributed by atoms with Crippen LogP contribution in [0.1, 0.15) is 21.6 Å². The van der Waals surface area contributed by atoms with Crippen molar-refractivity contribution in [2.75, 3.05) is 6.79 Å². The number of amides is 1.